The second-order valence-corrected chi connectivity index (χ2v) is 16.1. The number of nitriles is 1. The van der Waals surface area contributed by atoms with E-state index in [4.69, 9.17) is 4.42 Å². The lowest BCUT2D eigenvalue weighted by Crippen LogP contribution is -2.44. The van der Waals surface area contributed by atoms with Gasteiger partial charge in [-0.1, -0.05) is 74.2 Å². The van der Waals surface area contributed by atoms with E-state index in [9.17, 15) is 5.26 Å². The number of halogens is 1. The van der Waals surface area contributed by atoms with E-state index in [0.29, 0.717) is 11.1 Å². The van der Waals surface area contributed by atoms with Crippen molar-refractivity contribution in [1.82, 2.24) is 0 Å². The summed E-state index contributed by atoms with van der Waals surface area (Å²) in [6, 6.07) is 26.8. The van der Waals surface area contributed by atoms with E-state index in [1.807, 2.05) is 48.0 Å². The highest BCUT2D eigenvalue weighted by Crippen LogP contribution is 2.43. The predicted molar refractivity (Wildman–Crippen MR) is 156 cm³/mol. The van der Waals surface area contributed by atoms with Gasteiger partial charge in [0, 0.05) is 22.4 Å². The number of nitrogens with zero attached hydrogens (tertiary/aromatic N) is 2. The van der Waals surface area contributed by atoms with Gasteiger partial charge in [0.2, 0.25) is 11.9 Å². The number of hydrogen-bond acceptors (Lipinski definition) is 2. The molecule has 0 bridgehead atoms. The van der Waals surface area contributed by atoms with E-state index in [-0.39, 0.29) is 5.82 Å². The summed E-state index contributed by atoms with van der Waals surface area (Å²) in [5, 5.41) is 15.0. The summed E-state index contributed by atoms with van der Waals surface area (Å²) < 4.78 is 23.6. The molecule has 6 rings (SSSR count). The van der Waals surface area contributed by atoms with E-state index in [1.54, 1.807) is 6.20 Å². The van der Waals surface area contributed by atoms with E-state index >= 15 is 4.39 Å². The molecule has 0 atom stereocenters. The molecule has 2 heterocycles. The SMILES string of the molecule is Cc1ccc2c(oc3c(-c4cccc5ccccc45)c(C#N)ccc32)c1-c1cc([Si](C)(C)C)c(F)c[n+]1C. The molecule has 0 fully saturated rings. The Kier molecular flexibility index (Phi) is 5.48. The number of aryl methyl sites for hydroxylation is 2. The van der Waals surface area contributed by atoms with Crippen LogP contribution in [0.15, 0.2) is 83.4 Å². The van der Waals surface area contributed by atoms with Crippen molar-refractivity contribution in [3.8, 4) is 28.5 Å². The molecule has 38 heavy (non-hydrogen) atoms. The maximum Gasteiger partial charge on any atom is 0.216 e. The Bertz CT molecular complexity index is 1950. The zero-order valence-electron chi connectivity index (χ0n) is 22.2. The maximum absolute atomic E-state index is 15.0. The van der Waals surface area contributed by atoms with Crippen LogP contribution < -0.4 is 9.75 Å². The Labute approximate surface area is 222 Å². The highest BCUT2D eigenvalue weighted by molar-refractivity contribution is 6.88. The van der Waals surface area contributed by atoms with Crippen molar-refractivity contribution in [3.63, 3.8) is 0 Å². The lowest BCUT2D eigenvalue weighted by molar-refractivity contribution is -0.661. The van der Waals surface area contributed by atoms with Gasteiger partial charge in [0.25, 0.3) is 0 Å². The zero-order chi connectivity index (χ0) is 26.8. The molecule has 3 nitrogen and oxygen atoms in total. The number of benzene rings is 4. The van der Waals surface area contributed by atoms with Crippen LogP contribution in [0.25, 0.3) is 55.1 Å². The average Bonchev–Trinajstić information content (AvgIpc) is 3.26. The Balaban J connectivity index is 1.73. The lowest BCUT2D eigenvalue weighted by Gasteiger charge is -2.17. The van der Waals surface area contributed by atoms with E-state index < -0.39 is 8.07 Å². The first kappa shape index (κ1) is 24.1. The first-order valence-electron chi connectivity index (χ1n) is 12.8. The molecule has 2 aromatic heterocycles. The van der Waals surface area contributed by atoms with Crippen molar-refractivity contribution in [2.75, 3.05) is 0 Å². The van der Waals surface area contributed by atoms with Crippen molar-refractivity contribution in [2.24, 2.45) is 7.05 Å². The van der Waals surface area contributed by atoms with Crippen LogP contribution in [-0.4, -0.2) is 8.07 Å². The van der Waals surface area contributed by atoms with Crippen LogP contribution in [-0.2, 0) is 7.05 Å². The molecule has 0 saturated heterocycles. The molecule has 0 amide bonds. The third-order valence-electron chi connectivity index (χ3n) is 7.49. The molecule has 5 heteroatoms. The summed E-state index contributed by atoms with van der Waals surface area (Å²) >= 11 is 0. The summed E-state index contributed by atoms with van der Waals surface area (Å²) in [5.74, 6) is -0.165. The minimum atomic E-state index is -1.93. The molecule has 4 aromatic carbocycles. The van der Waals surface area contributed by atoms with Crippen molar-refractivity contribution in [3.05, 3.63) is 95.9 Å². The molecule has 0 N–H and O–H groups in total. The number of hydrogen-bond donors (Lipinski definition) is 0. The lowest BCUT2D eigenvalue weighted by atomic mass is 9.93. The Morgan fingerprint density at radius 1 is 0.842 bits per heavy atom. The zero-order valence-corrected chi connectivity index (χ0v) is 23.2. The van der Waals surface area contributed by atoms with E-state index in [0.717, 1.165) is 60.3 Å². The van der Waals surface area contributed by atoms with Crippen molar-refractivity contribution >= 4 is 46.0 Å². The summed E-state index contributed by atoms with van der Waals surface area (Å²) in [6.45, 7) is 8.53. The van der Waals surface area contributed by atoms with E-state index in [2.05, 4.69) is 69.0 Å². The fraction of sp³-hybridized carbons (Fsp3) is 0.152. The molecule has 0 spiro atoms. The first-order chi connectivity index (χ1) is 18.2. The van der Waals surface area contributed by atoms with Crippen LogP contribution in [0, 0.1) is 24.1 Å². The highest BCUT2D eigenvalue weighted by Gasteiger charge is 2.29. The van der Waals surface area contributed by atoms with Crippen LogP contribution in [0.4, 0.5) is 4.39 Å². The van der Waals surface area contributed by atoms with E-state index in [1.165, 1.54) is 0 Å². The van der Waals surface area contributed by atoms with Gasteiger partial charge in [-0.15, -0.1) is 0 Å². The minimum Gasteiger partial charge on any atom is -0.454 e. The molecule has 186 valence electrons. The predicted octanol–water partition coefficient (Wildman–Crippen LogP) is 7.76. The smallest absolute Gasteiger partial charge is 0.216 e. The van der Waals surface area contributed by atoms with Crippen LogP contribution in [0.3, 0.4) is 0 Å². The fourth-order valence-corrected chi connectivity index (χ4v) is 6.91. The number of furan rings is 1. The van der Waals surface area contributed by atoms with Gasteiger partial charge in [0.05, 0.1) is 25.3 Å². The molecular formula is C33H28FN2OSi+. The Morgan fingerprint density at radius 3 is 2.26 bits per heavy atom. The average molecular weight is 516 g/mol. The number of rotatable bonds is 3. The maximum atomic E-state index is 15.0. The van der Waals surface area contributed by atoms with Crippen LogP contribution in [0.5, 0.6) is 0 Å². The van der Waals surface area contributed by atoms with Gasteiger partial charge in [-0.2, -0.15) is 9.83 Å². The summed E-state index contributed by atoms with van der Waals surface area (Å²) in [6.07, 6.45) is 1.58. The van der Waals surface area contributed by atoms with Gasteiger partial charge in [-0.3, -0.25) is 0 Å². The summed E-state index contributed by atoms with van der Waals surface area (Å²) in [7, 11) is -0.0507. The fourth-order valence-electron chi connectivity index (χ4n) is 5.56. The van der Waals surface area contributed by atoms with Crippen molar-refractivity contribution < 1.29 is 13.4 Å². The number of pyridine rings is 1. The molecule has 0 unspecified atom stereocenters. The van der Waals surface area contributed by atoms with Crippen LogP contribution >= 0.6 is 0 Å². The second kappa shape index (κ2) is 8.65. The Morgan fingerprint density at radius 2 is 1.53 bits per heavy atom. The topological polar surface area (TPSA) is 40.8 Å². The number of fused-ring (bicyclic) bond motifs is 4. The quantitative estimate of drug-likeness (QED) is 0.178. The first-order valence-corrected chi connectivity index (χ1v) is 16.3. The molecule has 6 aromatic rings. The van der Waals surface area contributed by atoms with Gasteiger partial charge in [0.15, 0.2) is 5.82 Å². The Hall–Kier alpha value is -4.27. The summed E-state index contributed by atoms with van der Waals surface area (Å²) in [4.78, 5) is 0. The third-order valence-corrected chi connectivity index (χ3v) is 9.49. The molecule has 0 aliphatic heterocycles. The second-order valence-electron chi connectivity index (χ2n) is 11.0. The van der Waals surface area contributed by atoms with Crippen molar-refractivity contribution in [1.29, 1.82) is 5.26 Å². The third kappa shape index (κ3) is 3.64. The highest BCUT2D eigenvalue weighted by atomic mass is 28.3. The van der Waals surface area contributed by atoms with Crippen LogP contribution in [0.1, 0.15) is 11.1 Å². The largest absolute Gasteiger partial charge is 0.454 e. The van der Waals surface area contributed by atoms with Gasteiger partial charge < -0.3 is 4.42 Å². The van der Waals surface area contributed by atoms with Crippen molar-refractivity contribution in [2.45, 2.75) is 26.6 Å². The monoisotopic (exact) mass is 515 g/mol. The number of aromatic nitrogens is 1. The van der Waals surface area contributed by atoms with Gasteiger partial charge in [-0.25, -0.2) is 4.39 Å². The standard InChI is InChI=1S/C33H28FN2OSi/c1-20-13-15-25-26-16-14-22(18-35)31(24-12-8-10-21-9-6-7-11-23(21)24)33(26)37-32(25)30(20)28-17-29(38(3,4)5)27(34)19-36(28)2/h6-17,19H,1-5H3/q+1. The minimum absolute atomic E-state index is 0.165. The molecule has 0 saturated carbocycles. The normalized spacial score (nSPS) is 11.9. The molecule has 0 aliphatic rings. The van der Waals surface area contributed by atoms with Gasteiger partial charge in [0.1, 0.15) is 18.2 Å². The molecule has 0 radical (unpaired) electrons. The summed E-state index contributed by atoms with van der Waals surface area (Å²) in [5.41, 5.74) is 6.69. The molecular weight excluding hydrogens is 487 g/mol. The van der Waals surface area contributed by atoms with Gasteiger partial charge in [-0.05, 0) is 46.1 Å². The van der Waals surface area contributed by atoms with Gasteiger partial charge >= 0.3 is 0 Å². The molecule has 0 aliphatic carbocycles. The van der Waals surface area contributed by atoms with Crippen LogP contribution in [0.2, 0.25) is 19.6 Å².